The van der Waals surface area contributed by atoms with Crippen LogP contribution < -0.4 is 0 Å². The summed E-state index contributed by atoms with van der Waals surface area (Å²) in [4.78, 5) is 4.78. The quantitative estimate of drug-likeness (QED) is 0.428. The third-order valence-electron chi connectivity index (χ3n) is 8.45. The molecular formula is C30H33N. The number of aromatic nitrogens is 1. The number of hydrogen-bond donors (Lipinski definition) is 0. The molecule has 1 heterocycles. The monoisotopic (exact) mass is 407 g/mol. The summed E-state index contributed by atoms with van der Waals surface area (Å²) in [7, 11) is 0. The Morgan fingerprint density at radius 3 is 2.39 bits per heavy atom. The van der Waals surface area contributed by atoms with E-state index in [1.165, 1.54) is 74.6 Å². The van der Waals surface area contributed by atoms with Crippen LogP contribution in [0, 0.1) is 5.92 Å². The lowest BCUT2D eigenvalue weighted by Crippen LogP contribution is -2.22. The Hall–Kier alpha value is -2.41. The number of rotatable bonds is 3. The highest BCUT2D eigenvalue weighted by Gasteiger charge is 2.40. The minimum atomic E-state index is 0.712. The molecule has 1 heteroatoms. The van der Waals surface area contributed by atoms with Gasteiger partial charge < -0.3 is 0 Å². The van der Waals surface area contributed by atoms with E-state index in [1.54, 1.807) is 16.7 Å². The van der Waals surface area contributed by atoms with Crippen LogP contribution in [0.5, 0.6) is 0 Å². The SMILES string of the molecule is c1ccc(C2CCCC3c4ccc(-c5cc(C6CCCCC6)ccn5)cc4CC23)cc1. The van der Waals surface area contributed by atoms with E-state index in [9.17, 15) is 0 Å². The zero-order valence-electron chi connectivity index (χ0n) is 18.5. The summed E-state index contributed by atoms with van der Waals surface area (Å²) in [5, 5.41) is 0. The lowest BCUT2D eigenvalue weighted by atomic mass is 9.70. The molecule has 2 fully saturated rings. The van der Waals surface area contributed by atoms with Crippen molar-refractivity contribution in [2.24, 2.45) is 5.92 Å². The molecule has 0 bridgehead atoms. The van der Waals surface area contributed by atoms with E-state index in [-0.39, 0.29) is 0 Å². The third-order valence-corrected chi connectivity index (χ3v) is 8.45. The summed E-state index contributed by atoms with van der Waals surface area (Å²) in [6, 6.07) is 23.2. The van der Waals surface area contributed by atoms with Crippen LogP contribution in [0.15, 0.2) is 66.9 Å². The zero-order chi connectivity index (χ0) is 20.6. The molecule has 3 aliphatic carbocycles. The first kappa shape index (κ1) is 19.3. The molecule has 0 aliphatic heterocycles. The van der Waals surface area contributed by atoms with Crippen LogP contribution in [0.3, 0.4) is 0 Å². The van der Waals surface area contributed by atoms with E-state index in [0.717, 1.165) is 17.8 Å². The van der Waals surface area contributed by atoms with Gasteiger partial charge in [-0.2, -0.15) is 0 Å². The Labute approximate surface area is 186 Å². The van der Waals surface area contributed by atoms with Crippen LogP contribution in [0.1, 0.15) is 91.4 Å². The van der Waals surface area contributed by atoms with Crippen LogP contribution in [0.2, 0.25) is 0 Å². The fraction of sp³-hybridized carbons (Fsp3) is 0.433. The summed E-state index contributed by atoms with van der Waals surface area (Å²) in [5.41, 5.74) is 8.74. The van der Waals surface area contributed by atoms with Crippen LogP contribution in [-0.4, -0.2) is 4.98 Å². The number of nitrogens with zero attached hydrogens (tertiary/aromatic N) is 1. The van der Waals surface area contributed by atoms with Gasteiger partial charge >= 0.3 is 0 Å². The molecule has 2 saturated carbocycles. The van der Waals surface area contributed by atoms with Crippen molar-refractivity contribution in [2.45, 2.75) is 75.5 Å². The Kier molecular flexibility index (Phi) is 5.14. The predicted molar refractivity (Wildman–Crippen MR) is 128 cm³/mol. The van der Waals surface area contributed by atoms with Gasteiger partial charge in [-0.1, -0.05) is 68.1 Å². The molecule has 31 heavy (non-hydrogen) atoms. The molecule has 2 aromatic carbocycles. The van der Waals surface area contributed by atoms with Crippen molar-refractivity contribution in [3.63, 3.8) is 0 Å². The fourth-order valence-electron chi connectivity index (χ4n) is 6.90. The molecule has 0 radical (unpaired) electrons. The van der Waals surface area contributed by atoms with Gasteiger partial charge in [-0.05, 0) is 96.2 Å². The first-order valence-electron chi connectivity index (χ1n) is 12.5. The second-order valence-electron chi connectivity index (χ2n) is 10.1. The summed E-state index contributed by atoms with van der Waals surface area (Å²) in [5.74, 6) is 2.95. The number of fused-ring (bicyclic) bond motifs is 3. The second-order valence-corrected chi connectivity index (χ2v) is 10.1. The molecule has 3 aliphatic rings. The van der Waals surface area contributed by atoms with Gasteiger partial charge in [0.2, 0.25) is 0 Å². The van der Waals surface area contributed by atoms with Gasteiger partial charge in [0.05, 0.1) is 5.69 Å². The highest BCUT2D eigenvalue weighted by atomic mass is 14.7. The molecule has 0 N–H and O–H groups in total. The van der Waals surface area contributed by atoms with Crippen molar-refractivity contribution in [3.8, 4) is 11.3 Å². The van der Waals surface area contributed by atoms with E-state index in [2.05, 4.69) is 60.7 Å². The zero-order valence-corrected chi connectivity index (χ0v) is 18.5. The van der Waals surface area contributed by atoms with Crippen molar-refractivity contribution >= 4 is 0 Å². The van der Waals surface area contributed by atoms with E-state index < -0.39 is 0 Å². The highest BCUT2D eigenvalue weighted by molar-refractivity contribution is 5.63. The van der Waals surface area contributed by atoms with Gasteiger partial charge in [0.15, 0.2) is 0 Å². The third kappa shape index (κ3) is 3.63. The number of benzene rings is 2. The van der Waals surface area contributed by atoms with Gasteiger partial charge in [-0.3, -0.25) is 4.98 Å². The first-order chi connectivity index (χ1) is 15.4. The molecule has 1 aromatic heterocycles. The van der Waals surface area contributed by atoms with E-state index in [1.807, 2.05) is 6.20 Å². The van der Waals surface area contributed by atoms with Crippen LogP contribution in [-0.2, 0) is 6.42 Å². The Balaban J connectivity index is 1.29. The molecule has 6 rings (SSSR count). The van der Waals surface area contributed by atoms with Crippen molar-refractivity contribution in [1.82, 2.24) is 4.98 Å². The summed E-state index contributed by atoms with van der Waals surface area (Å²) in [6.07, 6.45) is 14.2. The molecule has 0 amide bonds. The van der Waals surface area contributed by atoms with Crippen molar-refractivity contribution in [1.29, 1.82) is 0 Å². The minimum Gasteiger partial charge on any atom is -0.256 e. The minimum absolute atomic E-state index is 0.712. The predicted octanol–water partition coefficient (Wildman–Crippen LogP) is 8.02. The van der Waals surface area contributed by atoms with Crippen molar-refractivity contribution < 1.29 is 0 Å². The maximum atomic E-state index is 4.78. The lowest BCUT2D eigenvalue weighted by molar-refractivity contribution is 0.283. The molecule has 158 valence electrons. The van der Waals surface area contributed by atoms with Gasteiger partial charge in [0, 0.05) is 11.8 Å². The average molecular weight is 408 g/mol. The van der Waals surface area contributed by atoms with Gasteiger partial charge in [0.25, 0.3) is 0 Å². The second kappa shape index (κ2) is 8.26. The van der Waals surface area contributed by atoms with Crippen LogP contribution >= 0.6 is 0 Å². The van der Waals surface area contributed by atoms with Crippen molar-refractivity contribution in [3.05, 3.63) is 89.1 Å². The topological polar surface area (TPSA) is 12.9 Å². The number of pyridine rings is 1. The van der Waals surface area contributed by atoms with Gasteiger partial charge in [-0.15, -0.1) is 0 Å². The normalized spacial score (nSPS) is 25.7. The first-order valence-corrected chi connectivity index (χ1v) is 12.5. The average Bonchev–Trinajstić information content (AvgIpc) is 3.23. The molecule has 3 atom stereocenters. The van der Waals surface area contributed by atoms with Crippen molar-refractivity contribution in [2.75, 3.05) is 0 Å². The van der Waals surface area contributed by atoms with Gasteiger partial charge in [0.1, 0.15) is 0 Å². The molecular weight excluding hydrogens is 374 g/mol. The smallest absolute Gasteiger partial charge is 0.0704 e. The van der Waals surface area contributed by atoms with Gasteiger partial charge in [-0.25, -0.2) is 0 Å². The van der Waals surface area contributed by atoms with E-state index in [4.69, 9.17) is 4.98 Å². The standard InChI is InChI=1S/C30H33N/c1-3-8-21(9-4-1)23-16-17-31-30(20-23)24-14-15-27-25(18-24)19-29-26(12-7-13-28(27)29)22-10-5-2-6-11-22/h2,5-6,10-11,14-18,20-21,26,28-29H,1,3-4,7-9,12-13,19H2. The molecule has 3 aromatic rings. The molecule has 3 unspecified atom stereocenters. The Morgan fingerprint density at radius 1 is 0.677 bits per heavy atom. The number of hydrogen-bond acceptors (Lipinski definition) is 1. The largest absolute Gasteiger partial charge is 0.256 e. The summed E-state index contributed by atoms with van der Waals surface area (Å²) >= 11 is 0. The van der Waals surface area contributed by atoms with E-state index in [0.29, 0.717) is 5.92 Å². The van der Waals surface area contributed by atoms with Crippen LogP contribution in [0.4, 0.5) is 0 Å². The Morgan fingerprint density at radius 2 is 1.52 bits per heavy atom. The summed E-state index contributed by atoms with van der Waals surface area (Å²) < 4.78 is 0. The molecule has 0 saturated heterocycles. The lowest BCUT2D eigenvalue weighted by Gasteiger charge is -2.34. The maximum Gasteiger partial charge on any atom is 0.0704 e. The molecule has 1 nitrogen and oxygen atoms in total. The maximum absolute atomic E-state index is 4.78. The Bertz CT molecular complexity index is 1050. The van der Waals surface area contributed by atoms with E-state index >= 15 is 0 Å². The summed E-state index contributed by atoms with van der Waals surface area (Å²) in [6.45, 7) is 0. The fourth-order valence-corrected chi connectivity index (χ4v) is 6.90. The highest BCUT2D eigenvalue weighted by Crippen LogP contribution is 2.53. The molecule has 0 spiro atoms. The van der Waals surface area contributed by atoms with Crippen LogP contribution in [0.25, 0.3) is 11.3 Å².